The Balaban J connectivity index is 1.42. The van der Waals surface area contributed by atoms with E-state index in [-0.39, 0.29) is 5.56 Å². The van der Waals surface area contributed by atoms with Crippen LogP contribution < -0.4 is 10.5 Å². The van der Waals surface area contributed by atoms with Crippen LogP contribution in [-0.4, -0.2) is 52.0 Å². The predicted molar refractivity (Wildman–Crippen MR) is 113 cm³/mol. The van der Waals surface area contributed by atoms with Crippen LogP contribution in [0, 0.1) is 0 Å². The lowest BCUT2D eigenvalue weighted by atomic mass is 10.3. The van der Waals surface area contributed by atoms with E-state index in [1.54, 1.807) is 22.2 Å². The molecule has 0 N–H and O–H groups in total. The minimum Gasteiger partial charge on any atom is -0.378 e. The van der Waals surface area contributed by atoms with Gasteiger partial charge in [0.05, 0.1) is 36.3 Å². The molecule has 5 rings (SSSR count). The third-order valence-electron chi connectivity index (χ3n) is 4.72. The molecule has 1 aliphatic rings. The molecule has 1 aliphatic heterocycles. The molecule has 0 bridgehead atoms. The molecule has 0 spiro atoms. The number of anilines is 1. The molecule has 29 heavy (non-hydrogen) atoms. The SMILES string of the molecule is O=c1c2cnn(-c3ccccc3)c2ncn1/N=C\c1ccc(N2CCOCC2)s1. The van der Waals surface area contributed by atoms with E-state index in [0.29, 0.717) is 11.0 Å². The van der Waals surface area contributed by atoms with Crippen molar-refractivity contribution in [1.29, 1.82) is 0 Å². The predicted octanol–water partition coefficient (Wildman–Crippen LogP) is 2.36. The zero-order chi connectivity index (χ0) is 19.6. The van der Waals surface area contributed by atoms with Crippen molar-refractivity contribution in [3.05, 3.63) is 70.2 Å². The summed E-state index contributed by atoms with van der Waals surface area (Å²) in [6.45, 7) is 3.28. The van der Waals surface area contributed by atoms with E-state index in [1.165, 1.54) is 22.2 Å². The van der Waals surface area contributed by atoms with Crippen molar-refractivity contribution in [1.82, 2.24) is 19.4 Å². The van der Waals surface area contributed by atoms with Crippen LogP contribution in [0.5, 0.6) is 0 Å². The summed E-state index contributed by atoms with van der Waals surface area (Å²) in [5.41, 5.74) is 1.11. The van der Waals surface area contributed by atoms with Crippen LogP contribution in [0.15, 0.2) is 64.9 Å². The van der Waals surface area contributed by atoms with Crippen LogP contribution in [0.4, 0.5) is 5.00 Å². The van der Waals surface area contributed by atoms with Crippen molar-refractivity contribution in [2.45, 2.75) is 0 Å². The fourth-order valence-corrected chi connectivity index (χ4v) is 4.15. The van der Waals surface area contributed by atoms with E-state index in [1.807, 2.05) is 36.4 Å². The lowest BCUT2D eigenvalue weighted by Gasteiger charge is -2.27. The number of benzene rings is 1. The number of para-hydroxylation sites is 1. The van der Waals surface area contributed by atoms with E-state index in [9.17, 15) is 4.79 Å². The van der Waals surface area contributed by atoms with Gasteiger partial charge < -0.3 is 9.64 Å². The van der Waals surface area contributed by atoms with Crippen molar-refractivity contribution >= 4 is 33.6 Å². The maximum absolute atomic E-state index is 12.8. The molecule has 4 aromatic rings. The van der Waals surface area contributed by atoms with Crippen LogP contribution in [0.25, 0.3) is 16.7 Å². The third kappa shape index (κ3) is 3.45. The Morgan fingerprint density at radius 1 is 1.10 bits per heavy atom. The van der Waals surface area contributed by atoms with Crippen molar-refractivity contribution in [2.75, 3.05) is 31.2 Å². The minimum atomic E-state index is -0.251. The molecule has 146 valence electrons. The van der Waals surface area contributed by atoms with Crippen molar-refractivity contribution in [2.24, 2.45) is 5.10 Å². The number of nitrogens with zero attached hydrogens (tertiary/aromatic N) is 6. The van der Waals surface area contributed by atoms with E-state index in [0.717, 1.165) is 36.9 Å². The van der Waals surface area contributed by atoms with Gasteiger partial charge in [-0.1, -0.05) is 18.2 Å². The average Bonchev–Trinajstić information content (AvgIpc) is 3.42. The highest BCUT2D eigenvalue weighted by Crippen LogP contribution is 2.25. The van der Waals surface area contributed by atoms with Gasteiger partial charge >= 0.3 is 0 Å². The number of thiophene rings is 1. The summed E-state index contributed by atoms with van der Waals surface area (Å²) in [7, 11) is 0. The monoisotopic (exact) mass is 406 g/mol. The molecular formula is C20H18N6O2S. The number of hydrogen-bond acceptors (Lipinski definition) is 7. The van der Waals surface area contributed by atoms with E-state index >= 15 is 0 Å². The molecular weight excluding hydrogens is 388 g/mol. The highest BCUT2D eigenvalue weighted by Gasteiger charge is 2.13. The highest BCUT2D eigenvalue weighted by atomic mass is 32.1. The van der Waals surface area contributed by atoms with Gasteiger partial charge in [0.1, 0.15) is 11.7 Å². The van der Waals surface area contributed by atoms with Gasteiger partial charge in [-0.15, -0.1) is 11.3 Å². The number of hydrogen-bond donors (Lipinski definition) is 0. The number of morpholine rings is 1. The standard InChI is InChI=1S/C20H18N6O2S/c27-20-17-13-23-26(15-4-2-1-3-5-15)19(17)21-14-25(20)22-12-16-6-7-18(29-16)24-8-10-28-11-9-24/h1-7,12-14H,8-11H2/b22-12-. The zero-order valence-corrected chi connectivity index (χ0v) is 16.3. The minimum absolute atomic E-state index is 0.251. The second-order valence-electron chi connectivity index (χ2n) is 6.54. The van der Waals surface area contributed by atoms with Crippen molar-refractivity contribution < 1.29 is 4.74 Å². The number of ether oxygens (including phenoxy) is 1. The molecule has 0 aliphatic carbocycles. The maximum Gasteiger partial charge on any atom is 0.285 e. The van der Waals surface area contributed by atoms with Crippen LogP contribution in [0.3, 0.4) is 0 Å². The fraction of sp³-hybridized carbons (Fsp3) is 0.200. The second-order valence-corrected chi connectivity index (χ2v) is 7.64. The summed E-state index contributed by atoms with van der Waals surface area (Å²) in [6.07, 6.45) is 4.65. The van der Waals surface area contributed by atoms with Gasteiger partial charge in [-0.2, -0.15) is 14.9 Å². The summed E-state index contributed by atoms with van der Waals surface area (Å²) in [4.78, 5) is 20.4. The van der Waals surface area contributed by atoms with Crippen LogP contribution in [0.2, 0.25) is 0 Å². The van der Waals surface area contributed by atoms with Gasteiger partial charge in [0.2, 0.25) is 0 Å². The summed E-state index contributed by atoms with van der Waals surface area (Å²) in [6, 6.07) is 13.7. The Labute approximate surface area is 170 Å². The van der Waals surface area contributed by atoms with Gasteiger partial charge in [0, 0.05) is 18.0 Å². The van der Waals surface area contributed by atoms with Gasteiger partial charge in [-0.3, -0.25) is 4.79 Å². The Hall–Kier alpha value is -3.30. The molecule has 0 amide bonds. The first-order valence-corrected chi connectivity index (χ1v) is 10.1. The molecule has 9 heteroatoms. The van der Waals surface area contributed by atoms with Crippen LogP contribution in [0.1, 0.15) is 4.88 Å². The average molecular weight is 406 g/mol. The van der Waals surface area contributed by atoms with E-state index in [4.69, 9.17) is 4.74 Å². The smallest absolute Gasteiger partial charge is 0.285 e. The molecule has 0 atom stereocenters. The normalized spacial score (nSPS) is 14.8. The first kappa shape index (κ1) is 17.8. The zero-order valence-electron chi connectivity index (χ0n) is 15.5. The molecule has 4 heterocycles. The van der Waals surface area contributed by atoms with Crippen LogP contribution >= 0.6 is 11.3 Å². The van der Waals surface area contributed by atoms with Gasteiger partial charge in [-0.05, 0) is 24.3 Å². The summed E-state index contributed by atoms with van der Waals surface area (Å²) in [5.74, 6) is 0. The van der Waals surface area contributed by atoms with E-state index in [2.05, 4.69) is 26.2 Å². The first-order chi connectivity index (χ1) is 14.3. The molecule has 1 aromatic carbocycles. The number of rotatable bonds is 4. The summed E-state index contributed by atoms with van der Waals surface area (Å²) >= 11 is 1.64. The number of aromatic nitrogens is 4. The van der Waals surface area contributed by atoms with Gasteiger partial charge in [-0.25, -0.2) is 9.67 Å². The fourth-order valence-electron chi connectivity index (χ4n) is 3.23. The Morgan fingerprint density at radius 3 is 2.76 bits per heavy atom. The largest absolute Gasteiger partial charge is 0.378 e. The van der Waals surface area contributed by atoms with Gasteiger partial charge in [0.25, 0.3) is 5.56 Å². The third-order valence-corrected chi connectivity index (χ3v) is 5.80. The summed E-state index contributed by atoms with van der Waals surface area (Å²) < 4.78 is 8.29. The van der Waals surface area contributed by atoms with Crippen molar-refractivity contribution in [3.63, 3.8) is 0 Å². The lowest BCUT2D eigenvalue weighted by Crippen LogP contribution is -2.35. The topological polar surface area (TPSA) is 77.5 Å². The highest BCUT2D eigenvalue weighted by molar-refractivity contribution is 7.17. The molecule has 0 radical (unpaired) electrons. The molecule has 1 saturated heterocycles. The van der Waals surface area contributed by atoms with Crippen LogP contribution in [-0.2, 0) is 4.74 Å². The Morgan fingerprint density at radius 2 is 1.93 bits per heavy atom. The summed E-state index contributed by atoms with van der Waals surface area (Å²) in [5, 5.41) is 10.2. The second kappa shape index (κ2) is 7.61. The molecule has 1 fully saturated rings. The first-order valence-electron chi connectivity index (χ1n) is 9.27. The Bertz CT molecular complexity index is 1220. The quantitative estimate of drug-likeness (QED) is 0.486. The molecule has 3 aromatic heterocycles. The van der Waals surface area contributed by atoms with Crippen molar-refractivity contribution in [3.8, 4) is 5.69 Å². The molecule has 8 nitrogen and oxygen atoms in total. The number of fused-ring (bicyclic) bond motifs is 1. The van der Waals surface area contributed by atoms with E-state index < -0.39 is 0 Å². The maximum atomic E-state index is 12.8. The molecule has 0 saturated carbocycles. The Kier molecular flexibility index (Phi) is 4.66. The van der Waals surface area contributed by atoms with Gasteiger partial charge in [0.15, 0.2) is 5.65 Å². The lowest BCUT2D eigenvalue weighted by molar-refractivity contribution is 0.123. The molecule has 0 unspecified atom stereocenters.